The Balaban J connectivity index is 2.12. The average molecular weight is 297 g/mol. The first kappa shape index (κ1) is 15.0. The third-order valence-corrected chi connectivity index (χ3v) is 4.80. The number of primary amides is 1. The van der Waals surface area contributed by atoms with E-state index in [1.807, 2.05) is 35.2 Å². The van der Waals surface area contributed by atoms with Crippen molar-refractivity contribution in [1.29, 1.82) is 0 Å². The molecular formula is C13H19N3O3S. The van der Waals surface area contributed by atoms with Gasteiger partial charge in [0, 0.05) is 26.2 Å². The molecule has 2 N–H and O–H groups in total. The number of sulfonamides is 1. The van der Waals surface area contributed by atoms with Crippen LogP contribution in [0, 0.1) is 0 Å². The normalized spacial score (nSPS) is 19.6. The van der Waals surface area contributed by atoms with E-state index in [9.17, 15) is 13.2 Å². The van der Waals surface area contributed by atoms with Crippen LogP contribution in [0.4, 0.5) is 0 Å². The van der Waals surface area contributed by atoms with E-state index < -0.39 is 22.0 Å². The van der Waals surface area contributed by atoms with E-state index in [1.54, 1.807) is 0 Å². The molecule has 20 heavy (non-hydrogen) atoms. The molecule has 2 rings (SSSR count). The first-order valence-corrected chi connectivity index (χ1v) is 8.28. The largest absolute Gasteiger partial charge is 0.368 e. The van der Waals surface area contributed by atoms with Gasteiger partial charge in [0.15, 0.2) is 0 Å². The average Bonchev–Trinajstić information content (AvgIpc) is 2.39. The predicted molar refractivity (Wildman–Crippen MR) is 76.4 cm³/mol. The van der Waals surface area contributed by atoms with Gasteiger partial charge in [-0.05, 0) is 5.56 Å². The fraction of sp³-hybridized carbons (Fsp3) is 0.462. The summed E-state index contributed by atoms with van der Waals surface area (Å²) in [6, 6.07) is 8.81. The van der Waals surface area contributed by atoms with Gasteiger partial charge < -0.3 is 5.73 Å². The maximum atomic E-state index is 11.7. The zero-order chi connectivity index (χ0) is 14.8. The molecule has 0 aliphatic carbocycles. The van der Waals surface area contributed by atoms with Crippen molar-refractivity contribution in [2.75, 3.05) is 32.4 Å². The molecule has 7 heteroatoms. The standard InChI is InChI=1S/C13H19N3O3S/c1-20(18,19)16-9-7-15(8-10-16)12(13(14)17)11-5-3-2-4-6-11/h2-6,12H,7-10H2,1H3,(H2,14,17). The topological polar surface area (TPSA) is 83.7 Å². The monoisotopic (exact) mass is 297 g/mol. The Bertz CT molecular complexity index is 566. The summed E-state index contributed by atoms with van der Waals surface area (Å²) in [5, 5.41) is 0. The highest BCUT2D eigenvalue weighted by molar-refractivity contribution is 7.88. The highest BCUT2D eigenvalue weighted by Gasteiger charge is 2.31. The van der Waals surface area contributed by atoms with Gasteiger partial charge in [-0.1, -0.05) is 30.3 Å². The lowest BCUT2D eigenvalue weighted by Crippen LogP contribution is -2.51. The molecule has 0 aromatic heterocycles. The number of hydrogen-bond acceptors (Lipinski definition) is 4. The molecule has 0 spiro atoms. The second-order valence-electron chi connectivity index (χ2n) is 4.91. The molecule has 1 aromatic carbocycles. The summed E-state index contributed by atoms with van der Waals surface area (Å²) in [4.78, 5) is 13.7. The van der Waals surface area contributed by atoms with Gasteiger partial charge in [-0.25, -0.2) is 8.42 Å². The fourth-order valence-electron chi connectivity index (χ4n) is 2.48. The van der Waals surface area contributed by atoms with E-state index in [-0.39, 0.29) is 0 Å². The Hall–Kier alpha value is -1.44. The number of rotatable bonds is 4. The van der Waals surface area contributed by atoms with Crippen LogP contribution in [0.25, 0.3) is 0 Å². The van der Waals surface area contributed by atoms with Crippen LogP contribution in [0.1, 0.15) is 11.6 Å². The number of nitrogens with two attached hydrogens (primary N) is 1. The van der Waals surface area contributed by atoms with Gasteiger partial charge in [-0.3, -0.25) is 9.69 Å². The third-order valence-electron chi connectivity index (χ3n) is 3.49. The van der Waals surface area contributed by atoms with Crippen LogP contribution in [0.3, 0.4) is 0 Å². The second kappa shape index (κ2) is 5.90. The Morgan fingerprint density at radius 3 is 2.15 bits per heavy atom. The molecule has 110 valence electrons. The molecule has 1 aliphatic heterocycles. The lowest BCUT2D eigenvalue weighted by molar-refractivity contribution is -0.124. The summed E-state index contributed by atoms with van der Waals surface area (Å²) in [6.07, 6.45) is 1.20. The molecule has 0 saturated carbocycles. The molecule has 1 amide bonds. The molecule has 1 unspecified atom stereocenters. The van der Waals surface area contributed by atoms with Crippen LogP contribution >= 0.6 is 0 Å². The van der Waals surface area contributed by atoms with Crippen molar-refractivity contribution >= 4 is 15.9 Å². The van der Waals surface area contributed by atoms with Crippen molar-refractivity contribution < 1.29 is 13.2 Å². The highest BCUT2D eigenvalue weighted by atomic mass is 32.2. The fourth-order valence-corrected chi connectivity index (χ4v) is 3.31. The van der Waals surface area contributed by atoms with Crippen molar-refractivity contribution in [3.05, 3.63) is 35.9 Å². The van der Waals surface area contributed by atoms with Crippen molar-refractivity contribution in [2.24, 2.45) is 5.73 Å². The Labute approximate surface area is 119 Å². The second-order valence-corrected chi connectivity index (χ2v) is 6.90. The van der Waals surface area contributed by atoms with Crippen molar-refractivity contribution in [2.45, 2.75) is 6.04 Å². The van der Waals surface area contributed by atoms with Gasteiger partial charge in [0.25, 0.3) is 0 Å². The lowest BCUT2D eigenvalue weighted by atomic mass is 10.0. The van der Waals surface area contributed by atoms with Crippen molar-refractivity contribution in [1.82, 2.24) is 9.21 Å². The van der Waals surface area contributed by atoms with Gasteiger partial charge >= 0.3 is 0 Å². The minimum absolute atomic E-state index is 0.384. The van der Waals surface area contributed by atoms with E-state index in [0.717, 1.165) is 5.56 Å². The molecule has 1 atom stereocenters. The molecule has 1 heterocycles. The summed E-state index contributed by atoms with van der Waals surface area (Å²) in [7, 11) is -3.17. The van der Waals surface area contributed by atoms with Crippen LogP contribution in [-0.2, 0) is 14.8 Å². The van der Waals surface area contributed by atoms with E-state index in [2.05, 4.69) is 0 Å². The molecule has 1 fully saturated rings. The minimum Gasteiger partial charge on any atom is -0.368 e. The number of amides is 1. The summed E-state index contributed by atoms with van der Waals surface area (Å²) in [5.41, 5.74) is 6.35. The number of hydrogen-bond donors (Lipinski definition) is 1. The van der Waals surface area contributed by atoms with Gasteiger partial charge in [0.1, 0.15) is 6.04 Å². The molecular weight excluding hydrogens is 278 g/mol. The first-order chi connectivity index (χ1) is 9.39. The van der Waals surface area contributed by atoms with Crippen LogP contribution in [-0.4, -0.2) is 56.0 Å². The van der Waals surface area contributed by atoms with Gasteiger partial charge in [-0.15, -0.1) is 0 Å². The maximum absolute atomic E-state index is 11.7. The van der Waals surface area contributed by atoms with Crippen molar-refractivity contribution in [3.63, 3.8) is 0 Å². The Kier molecular flexibility index (Phi) is 4.42. The maximum Gasteiger partial charge on any atom is 0.239 e. The number of benzene rings is 1. The number of piperazine rings is 1. The smallest absolute Gasteiger partial charge is 0.239 e. The molecule has 0 bridgehead atoms. The van der Waals surface area contributed by atoms with Crippen LogP contribution < -0.4 is 5.73 Å². The molecule has 6 nitrogen and oxygen atoms in total. The van der Waals surface area contributed by atoms with E-state index >= 15 is 0 Å². The number of nitrogens with zero attached hydrogens (tertiary/aromatic N) is 2. The quantitative estimate of drug-likeness (QED) is 0.833. The first-order valence-electron chi connectivity index (χ1n) is 6.43. The lowest BCUT2D eigenvalue weighted by Gasteiger charge is -2.37. The summed E-state index contributed by atoms with van der Waals surface area (Å²) >= 11 is 0. The summed E-state index contributed by atoms with van der Waals surface area (Å²) < 4.78 is 24.4. The van der Waals surface area contributed by atoms with Crippen molar-refractivity contribution in [3.8, 4) is 0 Å². The predicted octanol–water partition coefficient (Wildman–Crippen LogP) is -0.210. The van der Waals surface area contributed by atoms with Gasteiger partial charge in [0.05, 0.1) is 6.26 Å². The number of carbonyl (C=O) groups is 1. The zero-order valence-corrected chi connectivity index (χ0v) is 12.2. The SMILES string of the molecule is CS(=O)(=O)N1CCN(C(C(N)=O)c2ccccc2)CC1. The molecule has 1 aromatic rings. The zero-order valence-electron chi connectivity index (χ0n) is 11.4. The van der Waals surface area contributed by atoms with Gasteiger partial charge in [-0.2, -0.15) is 4.31 Å². The van der Waals surface area contributed by atoms with Crippen LogP contribution in [0.15, 0.2) is 30.3 Å². The third kappa shape index (κ3) is 3.36. The van der Waals surface area contributed by atoms with E-state index in [4.69, 9.17) is 5.73 Å². The van der Waals surface area contributed by atoms with Crippen LogP contribution in [0.2, 0.25) is 0 Å². The molecule has 1 aliphatic rings. The van der Waals surface area contributed by atoms with Gasteiger partial charge in [0.2, 0.25) is 15.9 Å². The summed E-state index contributed by atoms with van der Waals surface area (Å²) in [5.74, 6) is -0.413. The Morgan fingerprint density at radius 1 is 1.15 bits per heavy atom. The highest BCUT2D eigenvalue weighted by Crippen LogP contribution is 2.22. The summed E-state index contributed by atoms with van der Waals surface area (Å²) in [6.45, 7) is 1.76. The number of carbonyl (C=O) groups excluding carboxylic acids is 1. The van der Waals surface area contributed by atoms with E-state index in [1.165, 1.54) is 10.6 Å². The van der Waals surface area contributed by atoms with Crippen LogP contribution in [0.5, 0.6) is 0 Å². The Morgan fingerprint density at radius 2 is 1.70 bits per heavy atom. The minimum atomic E-state index is -3.17. The molecule has 0 radical (unpaired) electrons. The molecule has 1 saturated heterocycles. The van der Waals surface area contributed by atoms with E-state index in [0.29, 0.717) is 26.2 Å².